The summed E-state index contributed by atoms with van der Waals surface area (Å²) in [6, 6.07) is 9.02. The van der Waals surface area contributed by atoms with Crippen molar-refractivity contribution < 1.29 is 14.3 Å². The van der Waals surface area contributed by atoms with E-state index in [-0.39, 0.29) is 24.2 Å². The van der Waals surface area contributed by atoms with Crippen molar-refractivity contribution in [2.45, 2.75) is 26.0 Å². The van der Waals surface area contributed by atoms with Crippen molar-refractivity contribution in [3.63, 3.8) is 0 Å². The van der Waals surface area contributed by atoms with Crippen LogP contribution in [0, 0.1) is 5.92 Å². The molecule has 0 saturated carbocycles. The van der Waals surface area contributed by atoms with Gasteiger partial charge in [-0.05, 0) is 17.9 Å². The zero-order chi connectivity index (χ0) is 14.5. The minimum atomic E-state index is -0.448. The van der Waals surface area contributed by atoms with E-state index < -0.39 is 12.1 Å². The molecule has 0 spiro atoms. The number of carbonyl (C=O) groups is 2. The summed E-state index contributed by atoms with van der Waals surface area (Å²) in [5.41, 5.74) is 0.924. The molecule has 1 amide bonds. The van der Waals surface area contributed by atoms with Crippen LogP contribution in [0.3, 0.4) is 0 Å². The molecule has 4 nitrogen and oxygen atoms in total. The van der Waals surface area contributed by atoms with Crippen molar-refractivity contribution in [2.24, 2.45) is 5.92 Å². The number of ether oxygens (including phenoxy) is 1. The van der Waals surface area contributed by atoms with Crippen LogP contribution in [0.1, 0.15) is 18.9 Å². The molecule has 0 aromatic heterocycles. The molecule has 5 heteroatoms. The predicted molar refractivity (Wildman–Crippen MR) is 76.6 cm³/mol. The summed E-state index contributed by atoms with van der Waals surface area (Å²) in [6.45, 7) is 2.72. The maximum absolute atomic E-state index is 12.1. The summed E-state index contributed by atoms with van der Waals surface area (Å²) >= 11 is 5.61. The molecule has 20 heavy (non-hydrogen) atoms. The molecule has 2 rings (SSSR count). The molecule has 0 N–H and O–H groups in total. The van der Waals surface area contributed by atoms with E-state index in [9.17, 15) is 9.59 Å². The standard InChI is InChI=1S/C15H18ClNO3/c1-11-7-8-17(14(11)13(18)9-16)15(19)20-10-12-5-3-2-4-6-12/h2-6,11,14H,7-10H2,1H3. The number of benzene rings is 1. The topological polar surface area (TPSA) is 46.6 Å². The molecule has 2 unspecified atom stereocenters. The molecule has 1 aliphatic rings. The normalized spacial score (nSPS) is 21.8. The Bertz CT molecular complexity index is 477. The van der Waals surface area contributed by atoms with Crippen LogP contribution < -0.4 is 0 Å². The Morgan fingerprint density at radius 3 is 2.70 bits per heavy atom. The first kappa shape index (κ1) is 14.9. The third kappa shape index (κ3) is 3.31. The van der Waals surface area contributed by atoms with E-state index in [1.54, 1.807) is 0 Å². The van der Waals surface area contributed by atoms with Gasteiger partial charge in [-0.15, -0.1) is 11.6 Å². The third-order valence-electron chi connectivity index (χ3n) is 3.60. The third-order valence-corrected chi connectivity index (χ3v) is 3.86. The Morgan fingerprint density at radius 2 is 2.05 bits per heavy atom. The van der Waals surface area contributed by atoms with E-state index >= 15 is 0 Å². The summed E-state index contributed by atoms with van der Waals surface area (Å²) < 4.78 is 5.28. The Balaban J connectivity index is 1.96. The summed E-state index contributed by atoms with van der Waals surface area (Å²) in [4.78, 5) is 25.4. The first-order valence-corrected chi connectivity index (χ1v) is 7.23. The molecule has 1 fully saturated rings. The number of halogens is 1. The van der Waals surface area contributed by atoms with Gasteiger partial charge in [0.2, 0.25) is 0 Å². The fourth-order valence-corrected chi connectivity index (χ4v) is 2.68. The number of Topliss-reactive ketones (excluding diaryl/α,β-unsaturated/α-hetero) is 1. The quantitative estimate of drug-likeness (QED) is 0.803. The molecule has 1 aliphatic heterocycles. The van der Waals surface area contributed by atoms with E-state index in [0.717, 1.165) is 12.0 Å². The number of likely N-dealkylation sites (tertiary alicyclic amines) is 1. The van der Waals surface area contributed by atoms with Gasteiger partial charge in [-0.3, -0.25) is 9.69 Å². The second kappa shape index (κ2) is 6.75. The van der Waals surface area contributed by atoms with Crippen LogP contribution in [0.15, 0.2) is 30.3 Å². The maximum atomic E-state index is 12.1. The van der Waals surface area contributed by atoms with Gasteiger partial charge in [0.1, 0.15) is 6.61 Å². The Morgan fingerprint density at radius 1 is 1.35 bits per heavy atom. The molecule has 0 aliphatic carbocycles. The highest BCUT2D eigenvalue weighted by Gasteiger charge is 2.39. The van der Waals surface area contributed by atoms with E-state index in [2.05, 4.69) is 0 Å². The molecule has 1 heterocycles. The van der Waals surface area contributed by atoms with Gasteiger partial charge in [0.05, 0.1) is 11.9 Å². The SMILES string of the molecule is CC1CCN(C(=O)OCc2ccccc2)C1C(=O)CCl. The Kier molecular flexibility index (Phi) is 5.01. The molecule has 1 saturated heterocycles. The highest BCUT2D eigenvalue weighted by molar-refractivity contribution is 6.28. The number of rotatable bonds is 4. The molecular weight excluding hydrogens is 278 g/mol. The van der Waals surface area contributed by atoms with Gasteiger partial charge in [-0.2, -0.15) is 0 Å². The van der Waals surface area contributed by atoms with Crippen LogP contribution >= 0.6 is 11.6 Å². The molecule has 1 aromatic rings. The van der Waals surface area contributed by atoms with E-state index in [1.165, 1.54) is 4.90 Å². The molecule has 108 valence electrons. The highest BCUT2D eigenvalue weighted by Crippen LogP contribution is 2.26. The second-order valence-electron chi connectivity index (χ2n) is 5.04. The molecule has 2 atom stereocenters. The average Bonchev–Trinajstić information content (AvgIpc) is 2.87. The Hall–Kier alpha value is -1.55. The van der Waals surface area contributed by atoms with Crippen LogP contribution in [0.25, 0.3) is 0 Å². The number of nitrogens with zero attached hydrogens (tertiary/aromatic N) is 1. The minimum Gasteiger partial charge on any atom is -0.445 e. The van der Waals surface area contributed by atoms with Crippen LogP contribution in [0.4, 0.5) is 4.79 Å². The summed E-state index contributed by atoms with van der Waals surface area (Å²) in [6.07, 6.45) is 0.356. The molecule has 0 radical (unpaired) electrons. The lowest BCUT2D eigenvalue weighted by molar-refractivity contribution is -0.121. The average molecular weight is 296 g/mol. The lowest BCUT2D eigenvalue weighted by atomic mass is 10.00. The fraction of sp³-hybridized carbons (Fsp3) is 0.467. The number of hydrogen-bond donors (Lipinski definition) is 0. The minimum absolute atomic E-state index is 0.0720. The lowest BCUT2D eigenvalue weighted by Gasteiger charge is -2.24. The summed E-state index contributed by atoms with van der Waals surface area (Å²) in [5.74, 6) is -0.0591. The second-order valence-corrected chi connectivity index (χ2v) is 5.31. The maximum Gasteiger partial charge on any atom is 0.410 e. The summed E-state index contributed by atoms with van der Waals surface area (Å²) in [5, 5.41) is 0. The smallest absolute Gasteiger partial charge is 0.410 e. The fourth-order valence-electron chi connectivity index (χ4n) is 2.52. The van der Waals surface area contributed by atoms with Gasteiger partial charge in [0.25, 0.3) is 0 Å². The van der Waals surface area contributed by atoms with Crippen LogP contribution in [-0.2, 0) is 16.1 Å². The molecule has 1 aromatic carbocycles. The number of hydrogen-bond acceptors (Lipinski definition) is 3. The van der Waals surface area contributed by atoms with Crippen molar-refractivity contribution >= 4 is 23.5 Å². The number of ketones is 1. The summed E-state index contributed by atoms with van der Waals surface area (Å²) in [7, 11) is 0. The molecular formula is C15H18ClNO3. The first-order chi connectivity index (χ1) is 9.63. The van der Waals surface area contributed by atoms with Crippen LogP contribution in [0.2, 0.25) is 0 Å². The zero-order valence-electron chi connectivity index (χ0n) is 11.4. The van der Waals surface area contributed by atoms with Crippen LogP contribution in [-0.4, -0.2) is 35.2 Å². The number of amides is 1. The molecule has 0 bridgehead atoms. The van der Waals surface area contributed by atoms with E-state index in [4.69, 9.17) is 16.3 Å². The van der Waals surface area contributed by atoms with Gasteiger partial charge in [-0.25, -0.2) is 4.79 Å². The predicted octanol–water partition coefficient (Wildman–Crippen LogP) is 2.84. The van der Waals surface area contributed by atoms with Gasteiger partial charge in [0, 0.05) is 6.54 Å². The number of alkyl halides is 1. The lowest BCUT2D eigenvalue weighted by Crippen LogP contribution is -2.43. The van der Waals surface area contributed by atoms with Crippen molar-refractivity contribution in [3.8, 4) is 0 Å². The van der Waals surface area contributed by atoms with Crippen molar-refractivity contribution in [1.82, 2.24) is 4.90 Å². The highest BCUT2D eigenvalue weighted by atomic mass is 35.5. The van der Waals surface area contributed by atoms with Crippen molar-refractivity contribution in [3.05, 3.63) is 35.9 Å². The van der Waals surface area contributed by atoms with Gasteiger partial charge >= 0.3 is 6.09 Å². The largest absolute Gasteiger partial charge is 0.445 e. The zero-order valence-corrected chi connectivity index (χ0v) is 12.2. The van der Waals surface area contributed by atoms with Gasteiger partial charge in [-0.1, -0.05) is 37.3 Å². The van der Waals surface area contributed by atoms with E-state index in [1.807, 2.05) is 37.3 Å². The first-order valence-electron chi connectivity index (χ1n) is 6.69. The van der Waals surface area contributed by atoms with Crippen molar-refractivity contribution in [1.29, 1.82) is 0 Å². The number of carbonyl (C=O) groups excluding carboxylic acids is 2. The van der Waals surface area contributed by atoms with Crippen LogP contribution in [0.5, 0.6) is 0 Å². The van der Waals surface area contributed by atoms with Gasteiger partial charge in [0.15, 0.2) is 5.78 Å². The van der Waals surface area contributed by atoms with Gasteiger partial charge < -0.3 is 4.74 Å². The monoisotopic (exact) mass is 295 g/mol. The Labute approximate surface area is 123 Å². The van der Waals surface area contributed by atoms with Crippen molar-refractivity contribution in [2.75, 3.05) is 12.4 Å². The van der Waals surface area contributed by atoms with E-state index in [0.29, 0.717) is 6.54 Å².